The molecule has 25 heavy (non-hydrogen) atoms. The van der Waals surface area contributed by atoms with E-state index in [1.165, 1.54) is 6.20 Å². The predicted octanol–water partition coefficient (Wildman–Crippen LogP) is 3.42. The highest BCUT2D eigenvalue weighted by Gasteiger charge is 2.18. The highest BCUT2D eigenvalue weighted by atomic mass is 32.1. The van der Waals surface area contributed by atoms with Gasteiger partial charge in [0, 0.05) is 24.4 Å². The van der Waals surface area contributed by atoms with Gasteiger partial charge in [-0.3, -0.25) is 4.79 Å². The Morgan fingerprint density at radius 1 is 1.36 bits per heavy atom. The molecule has 1 N–H and O–H groups in total. The Bertz CT molecular complexity index is 902. The van der Waals surface area contributed by atoms with Crippen LogP contribution in [-0.2, 0) is 4.74 Å². The summed E-state index contributed by atoms with van der Waals surface area (Å²) in [5, 5.41) is 3.88. The van der Waals surface area contributed by atoms with Crippen LogP contribution in [0.5, 0.6) is 5.88 Å². The topological polar surface area (TPSA) is 73.3 Å². The van der Waals surface area contributed by atoms with Crippen LogP contribution in [0.4, 0.5) is 5.69 Å². The van der Waals surface area contributed by atoms with E-state index in [9.17, 15) is 4.79 Å². The van der Waals surface area contributed by atoms with Crippen molar-refractivity contribution in [3.63, 3.8) is 0 Å². The average molecular weight is 355 g/mol. The number of fused-ring (bicyclic) bond motifs is 1. The van der Waals surface area contributed by atoms with E-state index in [2.05, 4.69) is 15.3 Å². The van der Waals surface area contributed by atoms with Crippen LogP contribution in [0.1, 0.15) is 21.8 Å². The third-order valence-electron chi connectivity index (χ3n) is 3.93. The molecule has 1 fully saturated rings. The molecular formula is C18H17N3O3S. The van der Waals surface area contributed by atoms with Gasteiger partial charge in [0.25, 0.3) is 5.91 Å². The van der Waals surface area contributed by atoms with Gasteiger partial charge in [-0.25, -0.2) is 9.97 Å². The summed E-state index contributed by atoms with van der Waals surface area (Å²) in [6.45, 7) is 3.27. The Balaban J connectivity index is 1.44. The van der Waals surface area contributed by atoms with Gasteiger partial charge in [0.05, 0.1) is 34.0 Å². The number of carbonyl (C=O) groups excluding carboxylic acids is 1. The molecule has 1 atom stereocenters. The molecule has 6 nitrogen and oxygen atoms in total. The van der Waals surface area contributed by atoms with Crippen LogP contribution in [0.2, 0.25) is 0 Å². The number of aromatic nitrogens is 2. The van der Waals surface area contributed by atoms with Crippen LogP contribution in [-0.4, -0.2) is 35.2 Å². The predicted molar refractivity (Wildman–Crippen MR) is 96.4 cm³/mol. The number of rotatable bonds is 4. The smallest absolute Gasteiger partial charge is 0.257 e. The number of aryl methyl sites for hydroxylation is 1. The molecule has 128 valence electrons. The minimum atomic E-state index is -0.213. The molecule has 7 heteroatoms. The van der Waals surface area contributed by atoms with Crippen molar-refractivity contribution in [1.29, 1.82) is 0 Å². The molecule has 0 aliphatic carbocycles. The summed E-state index contributed by atoms with van der Waals surface area (Å²) in [5.41, 5.74) is 2.08. The number of anilines is 1. The second-order valence-corrected chi connectivity index (χ2v) is 7.09. The second-order valence-electron chi connectivity index (χ2n) is 5.86. The minimum absolute atomic E-state index is 0.0421. The van der Waals surface area contributed by atoms with Gasteiger partial charge in [-0.1, -0.05) is 0 Å². The fourth-order valence-corrected chi connectivity index (χ4v) is 3.49. The number of carbonyl (C=O) groups is 1. The molecule has 1 aliphatic rings. The molecule has 1 amide bonds. The Labute approximate surface area is 148 Å². The van der Waals surface area contributed by atoms with Crippen LogP contribution >= 0.6 is 11.3 Å². The first kappa shape index (κ1) is 16.0. The van der Waals surface area contributed by atoms with Crippen LogP contribution in [0.3, 0.4) is 0 Å². The molecule has 1 aliphatic heterocycles. The number of nitrogens with one attached hydrogen (secondary N) is 1. The van der Waals surface area contributed by atoms with Crippen molar-refractivity contribution in [1.82, 2.24) is 9.97 Å². The lowest BCUT2D eigenvalue weighted by molar-refractivity contribution is 0.102. The van der Waals surface area contributed by atoms with E-state index in [1.807, 2.05) is 25.1 Å². The number of pyridine rings is 1. The number of ether oxygens (including phenoxy) is 2. The van der Waals surface area contributed by atoms with Gasteiger partial charge in [0.1, 0.15) is 6.10 Å². The molecule has 3 heterocycles. The lowest BCUT2D eigenvalue weighted by Crippen LogP contribution is -2.17. The van der Waals surface area contributed by atoms with Crippen molar-refractivity contribution < 1.29 is 14.3 Å². The lowest BCUT2D eigenvalue weighted by atomic mass is 10.2. The fraction of sp³-hybridized carbons (Fsp3) is 0.278. The molecule has 0 saturated carbocycles. The third-order valence-corrected chi connectivity index (χ3v) is 4.88. The van der Waals surface area contributed by atoms with Crippen LogP contribution in [0.25, 0.3) is 10.2 Å². The zero-order valence-electron chi connectivity index (χ0n) is 13.7. The van der Waals surface area contributed by atoms with Gasteiger partial charge in [-0.15, -0.1) is 11.3 Å². The molecule has 2 aromatic heterocycles. The highest BCUT2D eigenvalue weighted by Crippen LogP contribution is 2.24. The zero-order chi connectivity index (χ0) is 17.2. The zero-order valence-corrected chi connectivity index (χ0v) is 14.5. The van der Waals surface area contributed by atoms with E-state index in [4.69, 9.17) is 9.47 Å². The van der Waals surface area contributed by atoms with Crippen molar-refractivity contribution in [2.24, 2.45) is 0 Å². The maximum atomic E-state index is 12.4. The van der Waals surface area contributed by atoms with Gasteiger partial charge in [0.2, 0.25) is 5.88 Å². The average Bonchev–Trinajstić information content (AvgIpc) is 3.23. The molecule has 4 rings (SSSR count). The molecular weight excluding hydrogens is 338 g/mol. The Morgan fingerprint density at radius 2 is 2.28 bits per heavy atom. The number of benzene rings is 1. The van der Waals surface area contributed by atoms with Crippen molar-refractivity contribution in [2.45, 2.75) is 19.4 Å². The van der Waals surface area contributed by atoms with E-state index in [1.54, 1.807) is 23.5 Å². The van der Waals surface area contributed by atoms with Gasteiger partial charge >= 0.3 is 0 Å². The van der Waals surface area contributed by atoms with Gasteiger partial charge < -0.3 is 14.8 Å². The fourth-order valence-electron chi connectivity index (χ4n) is 2.68. The number of hydrogen-bond donors (Lipinski definition) is 1. The van der Waals surface area contributed by atoms with E-state index < -0.39 is 0 Å². The molecule has 1 unspecified atom stereocenters. The van der Waals surface area contributed by atoms with E-state index in [-0.39, 0.29) is 12.0 Å². The summed E-state index contributed by atoms with van der Waals surface area (Å²) in [6, 6.07) is 9.14. The third kappa shape index (κ3) is 3.62. The standard InChI is InChI=1S/C18H17N3O3S/c1-11-20-15-8-13(3-4-16(15)25-11)21-18(22)12-2-5-17(19-9-12)24-14-6-7-23-10-14/h2-5,8-9,14H,6-7,10H2,1H3,(H,21,22). The van der Waals surface area contributed by atoms with Crippen LogP contribution < -0.4 is 10.1 Å². The largest absolute Gasteiger partial charge is 0.472 e. The summed E-state index contributed by atoms with van der Waals surface area (Å²) in [5.74, 6) is 0.293. The summed E-state index contributed by atoms with van der Waals surface area (Å²) in [7, 11) is 0. The van der Waals surface area contributed by atoms with E-state index in [0.29, 0.717) is 30.3 Å². The first-order chi connectivity index (χ1) is 12.2. The van der Waals surface area contributed by atoms with Gasteiger partial charge in [-0.2, -0.15) is 0 Å². The maximum Gasteiger partial charge on any atom is 0.257 e. The van der Waals surface area contributed by atoms with Crippen molar-refractivity contribution in [3.05, 3.63) is 47.1 Å². The summed E-state index contributed by atoms with van der Waals surface area (Å²) >= 11 is 1.63. The van der Waals surface area contributed by atoms with Crippen LogP contribution in [0.15, 0.2) is 36.5 Å². The number of amides is 1. The molecule has 3 aromatic rings. The maximum absolute atomic E-state index is 12.4. The first-order valence-electron chi connectivity index (χ1n) is 8.06. The van der Waals surface area contributed by atoms with Crippen LogP contribution in [0, 0.1) is 6.92 Å². The van der Waals surface area contributed by atoms with Crippen molar-refractivity contribution in [3.8, 4) is 5.88 Å². The second kappa shape index (κ2) is 6.78. The summed E-state index contributed by atoms with van der Waals surface area (Å²) in [4.78, 5) is 21.0. The van der Waals surface area contributed by atoms with Crippen molar-refractivity contribution in [2.75, 3.05) is 18.5 Å². The van der Waals surface area contributed by atoms with Crippen molar-refractivity contribution >= 4 is 33.1 Å². The highest BCUT2D eigenvalue weighted by molar-refractivity contribution is 7.18. The quantitative estimate of drug-likeness (QED) is 0.776. The normalized spacial score (nSPS) is 16.9. The minimum Gasteiger partial charge on any atom is -0.472 e. The van der Waals surface area contributed by atoms with E-state index in [0.717, 1.165) is 21.6 Å². The van der Waals surface area contributed by atoms with Gasteiger partial charge in [0.15, 0.2) is 0 Å². The monoisotopic (exact) mass is 355 g/mol. The first-order valence-corrected chi connectivity index (χ1v) is 8.88. The lowest BCUT2D eigenvalue weighted by Gasteiger charge is -2.11. The SMILES string of the molecule is Cc1nc2cc(NC(=O)c3ccc(OC4CCOC4)nc3)ccc2s1. The molecule has 1 aromatic carbocycles. The van der Waals surface area contributed by atoms with E-state index >= 15 is 0 Å². The molecule has 0 bridgehead atoms. The van der Waals surface area contributed by atoms with Gasteiger partial charge in [-0.05, 0) is 31.2 Å². The molecule has 0 spiro atoms. The summed E-state index contributed by atoms with van der Waals surface area (Å²) in [6.07, 6.45) is 2.43. The number of nitrogens with zero attached hydrogens (tertiary/aromatic N) is 2. The Kier molecular flexibility index (Phi) is 4.33. The molecule has 1 saturated heterocycles. The number of thiazole rings is 1. The molecule has 0 radical (unpaired) electrons. The Morgan fingerprint density at radius 3 is 3.04 bits per heavy atom. The Hall–Kier alpha value is -2.51. The number of hydrogen-bond acceptors (Lipinski definition) is 6. The summed E-state index contributed by atoms with van der Waals surface area (Å²) < 4.78 is 12.1.